The van der Waals surface area contributed by atoms with Crippen LogP contribution in [0, 0.1) is 12.3 Å². The standard InChI is InChI=1S/C10H17NO2/c1-5-9(6-2)11-8(4)10(12)13-7-3/h1,8-9,11H,6-7H2,2-4H3. The maximum Gasteiger partial charge on any atom is 0.322 e. The molecule has 0 aromatic heterocycles. The molecule has 0 rings (SSSR count). The monoisotopic (exact) mass is 183 g/mol. The van der Waals surface area contributed by atoms with Gasteiger partial charge in [-0.25, -0.2) is 0 Å². The number of carbonyl (C=O) groups excluding carboxylic acids is 1. The highest BCUT2D eigenvalue weighted by atomic mass is 16.5. The predicted molar refractivity (Wildman–Crippen MR) is 52.1 cm³/mol. The fourth-order valence-electron chi connectivity index (χ4n) is 0.921. The molecule has 0 radical (unpaired) electrons. The Bertz CT molecular complexity index is 196. The molecule has 0 aliphatic rings. The highest BCUT2D eigenvalue weighted by molar-refractivity contribution is 5.75. The molecule has 2 unspecified atom stereocenters. The van der Waals surface area contributed by atoms with Gasteiger partial charge in [0.1, 0.15) is 6.04 Å². The molecule has 0 aromatic carbocycles. The van der Waals surface area contributed by atoms with E-state index >= 15 is 0 Å². The third-order valence-corrected chi connectivity index (χ3v) is 1.70. The molecule has 0 aromatic rings. The first-order chi connectivity index (χ1) is 6.15. The van der Waals surface area contributed by atoms with Crippen molar-refractivity contribution in [2.24, 2.45) is 0 Å². The number of carbonyl (C=O) groups is 1. The van der Waals surface area contributed by atoms with Gasteiger partial charge in [0, 0.05) is 0 Å². The SMILES string of the molecule is C#CC(CC)NC(C)C(=O)OCC. The van der Waals surface area contributed by atoms with Crippen LogP contribution in [-0.2, 0) is 9.53 Å². The number of terminal acetylenes is 1. The number of hydrogen-bond acceptors (Lipinski definition) is 3. The van der Waals surface area contributed by atoms with Crippen LogP contribution in [0.15, 0.2) is 0 Å². The van der Waals surface area contributed by atoms with E-state index in [1.165, 1.54) is 0 Å². The Balaban J connectivity index is 3.91. The van der Waals surface area contributed by atoms with E-state index in [9.17, 15) is 4.79 Å². The van der Waals surface area contributed by atoms with Crippen molar-refractivity contribution < 1.29 is 9.53 Å². The Labute approximate surface area is 79.8 Å². The second kappa shape index (κ2) is 6.50. The zero-order valence-corrected chi connectivity index (χ0v) is 8.46. The summed E-state index contributed by atoms with van der Waals surface area (Å²) in [5, 5.41) is 2.99. The van der Waals surface area contributed by atoms with Crippen LogP contribution < -0.4 is 5.32 Å². The Morgan fingerprint density at radius 1 is 1.62 bits per heavy atom. The highest BCUT2D eigenvalue weighted by Gasteiger charge is 2.15. The van der Waals surface area contributed by atoms with E-state index in [4.69, 9.17) is 11.2 Å². The lowest BCUT2D eigenvalue weighted by atomic mass is 10.2. The normalized spacial score (nSPS) is 14.3. The van der Waals surface area contributed by atoms with Gasteiger partial charge in [-0.3, -0.25) is 10.1 Å². The topological polar surface area (TPSA) is 38.3 Å². The Morgan fingerprint density at radius 3 is 2.62 bits per heavy atom. The molecule has 0 saturated heterocycles. The average Bonchev–Trinajstić information content (AvgIpc) is 2.14. The van der Waals surface area contributed by atoms with Crippen molar-refractivity contribution in [1.29, 1.82) is 0 Å². The van der Waals surface area contributed by atoms with Gasteiger partial charge in [-0.2, -0.15) is 0 Å². The third-order valence-electron chi connectivity index (χ3n) is 1.70. The van der Waals surface area contributed by atoms with Crippen LogP contribution in [0.25, 0.3) is 0 Å². The molecule has 0 bridgehead atoms. The van der Waals surface area contributed by atoms with Gasteiger partial charge in [-0.15, -0.1) is 6.42 Å². The van der Waals surface area contributed by atoms with Crippen molar-refractivity contribution in [2.75, 3.05) is 6.61 Å². The van der Waals surface area contributed by atoms with E-state index in [1.807, 2.05) is 6.92 Å². The summed E-state index contributed by atoms with van der Waals surface area (Å²) in [5.41, 5.74) is 0. The van der Waals surface area contributed by atoms with Crippen LogP contribution in [0.4, 0.5) is 0 Å². The Hall–Kier alpha value is -1.01. The van der Waals surface area contributed by atoms with Gasteiger partial charge in [0.25, 0.3) is 0 Å². The zero-order chi connectivity index (χ0) is 10.3. The molecule has 1 N–H and O–H groups in total. The summed E-state index contributed by atoms with van der Waals surface area (Å²) < 4.78 is 4.82. The zero-order valence-electron chi connectivity index (χ0n) is 8.46. The van der Waals surface area contributed by atoms with E-state index in [0.29, 0.717) is 6.61 Å². The molecule has 3 nitrogen and oxygen atoms in total. The van der Waals surface area contributed by atoms with E-state index in [-0.39, 0.29) is 18.1 Å². The molecule has 0 aliphatic heterocycles. The van der Waals surface area contributed by atoms with Crippen molar-refractivity contribution in [2.45, 2.75) is 39.3 Å². The van der Waals surface area contributed by atoms with Crippen molar-refractivity contribution in [3.05, 3.63) is 0 Å². The molecule has 0 fully saturated rings. The molecule has 0 amide bonds. The minimum Gasteiger partial charge on any atom is -0.465 e. The van der Waals surface area contributed by atoms with Crippen LogP contribution in [-0.4, -0.2) is 24.7 Å². The summed E-state index contributed by atoms with van der Waals surface area (Å²) in [7, 11) is 0. The van der Waals surface area contributed by atoms with Crippen LogP contribution >= 0.6 is 0 Å². The van der Waals surface area contributed by atoms with Gasteiger partial charge < -0.3 is 4.74 Å². The van der Waals surface area contributed by atoms with Crippen molar-refractivity contribution in [3.63, 3.8) is 0 Å². The lowest BCUT2D eigenvalue weighted by Crippen LogP contribution is -2.41. The van der Waals surface area contributed by atoms with Gasteiger partial charge in [0.15, 0.2) is 0 Å². The molecule has 0 saturated carbocycles. The van der Waals surface area contributed by atoms with E-state index in [0.717, 1.165) is 6.42 Å². The number of esters is 1. The van der Waals surface area contributed by atoms with Gasteiger partial charge in [-0.05, 0) is 20.3 Å². The van der Waals surface area contributed by atoms with Crippen molar-refractivity contribution >= 4 is 5.97 Å². The largest absolute Gasteiger partial charge is 0.465 e. The maximum atomic E-state index is 11.2. The maximum absolute atomic E-state index is 11.2. The number of rotatable bonds is 5. The third kappa shape index (κ3) is 4.54. The second-order valence-electron chi connectivity index (χ2n) is 2.77. The highest BCUT2D eigenvalue weighted by Crippen LogP contribution is 1.94. The lowest BCUT2D eigenvalue weighted by Gasteiger charge is -2.16. The first-order valence-corrected chi connectivity index (χ1v) is 4.54. The molecule has 0 heterocycles. The summed E-state index contributed by atoms with van der Waals surface area (Å²) in [4.78, 5) is 11.2. The van der Waals surface area contributed by atoms with Gasteiger partial charge in [0.2, 0.25) is 0 Å². The van der Waals surface area contributed by atoms with Gasteiger partial charge >= 0.3 is 5.97 Å². The Morgan fingerprint density at radius 2 is 2.23 bits per heavy atom. The quantitative estimate of drug-likeness (QED) is 0.509. The number of hydrogen-bond donors (Lipinski definition) is 1. The van der Waals surface area contributed by atoms with E-state index < -0.39 is 0 Å². The molecular formula is C10H17NO2. The lowest BCUT2D eigenvalue weighted by molar-refractivity contribution is -0.145. The van der Waals surface area contributed by atoms with Crippen LogP contribution in [0.5, 0.6) is 0 Å². The van der Waals surface area contributed by atoms with Gasteiger partial charge in [0.05, 0.1) is 12.6 Å². The molecule has 2 atom stereocenters. The second-order valence-corrected chi connectivity index (χ2v) is 2.77. The molecule has 0 spiro atoms. The van der Waals surface area contributed by atoms with E-state index in [1.54, 1.807) is 13.8 Å². The van der Waals surface area contributed by atoms with E-state index in [2.05, 4.69) is 11.2 Å². The number of ether oxygens (including phenoxy) is 1. The van der Waals surface area contributed by atoms with Crippen molar-refractivity contribution in [1.82, 2.24) is 5.32 Å². The summed E-state index contributed by atoms with van der Waals surface area (Å²) in [5.74, 6) is 2.31. The summed E-state index contributed by atoms with van der Waals surface area (Å²) >= 11 is 0. The molecule has 3 heteroatoms. The number of nitrogens with one attached hydrogen (secondary N) is 1. The first kappa shape index (κ1) is 12.0. The predicted octanol–water partition coefficient (Wildman–Crippen LogP) is 0.939. The van der Waals surface area contributed by atoms with Crippen LogP contribution in [0.2, 0.25) is 0 Å². The minimum atomic E-state index is -0.332. The fourth-order valence-corrected chi connectivity index (χ4v) is 0.921. The van der Waals surface area contributed by atoms with Gasteiger partial charge in [-0.1, -0.05) is 12.8 Å². The molecule has 74 valence electrons. The minimum absolute atomic E-state index is 0.0561. The summed E-state index contributed by atoms with van der Waals surface area (Å²) in [6, 6.07) is -0.389. The van der Waals surface area contributed by atoms with Crippen molar-refractivity contribution in [3.8, 4) is 12.3 Å². The molecule has 0 aliphatic carbocycles. The summed E-state index contributed by atoms with van der Waals surface area (Å²) in [6.45, 7) is 5.90. The fraction of sp³-hybridized carbons (Fsp3) is 0.700. The smallest absolute Gasteiger partial charge is 0.322 e. The Kier molecular flexibility index (Phi) is 5.99. The first-order valence-electron chi connectivity index (χ1n) is 4.54. The summed E-state index contributed by atoms with van der Waals surface area (Å²) in [6.07, 6.45) is 6.05. The van der Waals surface area contributed by atoms with Crippen LogP contribution in [0.1, 0.15) is 27.2 Å². The molecule has 13 heavy (non-hydrogen) atoms. The average molecular weight is 183 g/mol. The molecular weight excluding hydrogens is 166 g/mol. The van der Waals surface area contributed by atoms with Crippen LogP contribution in [0.3, 0.4) is 0 Å².